The summed E-state index contributed by atoms with van der Waals surface area (Å²) in [4.78, 5) is 18.0. The maximum Gasteiger partial charge on any atom is 0.307 e. The second-order valence-electron chi connectivity index (χ2n) is 5.44. The summed E-state index contributed by atoms with van der Waals surface area (Å²) in [6.45, 7) is 5.19. The number of nitrogens with zero attached hydrogens (tertiary/aromatic N) is 4. The van der Waals surface area contributed by atoms with E-state index in [0.717, 1.165) is 32.0 Å². The number of ether oxygens (including phenoxy) is 1. The third-order valence-electron chi connectivity index (χ3n) is 3.82. The predicted octanol–water partition coefficient (Wildman–Crippen LogP) is 0.738. The van der Waals surface area contributed by atoms with Gasteiger partial charge >= 0.3 is 5.97 Å². The first kappa shape index (κ1) is 16.3. The number of esters is 1. The molecule has 1 unspecified atom stereocenters. The van der Waals surface area contributed by atoms with Crippen molar-refractivity contribution < 1.29 is 9.53 Å². The Morgan fingerprint density at radius 3 is 3.05 bits per heavy atom. The molecule has 122 valence electrons. The van der Waals surface area contributed by atoms with Crippen molar-refractivity contribution >= 4 is 11.9 Å². The van der Waals surface area contributed by atoms with Gasteiger partial charge in [-0.2, -0.15) is 5.10 Å². The molecule has 1 aromatic rings. The van der Waals surface area contributed by atoms with E-state index in [2.05, 4.69) is 31.2 Å². The van der Waals surface area contributed by atoms with E-state index in [0.29, 0.717) is 18.9 Å². The van der Waals surface area contributed by atoms with Crippen molar-refractivity contribution in [3.05, 3.63) is 18.0 Å². The highest BCUT2D eigenvalue weighted by Gasteiger charge is 2.26. The lowest BCUT2D eigenvalue weighted by molar-refractivity contribution is -0.140. The molecule has 0 bridgehead atoms. The first-order valence-corrected chi connectivity index (χ1v) is 7.72. The minimum absolute atomic E-state index is 0.228. The van der Waals surface area contributed by atoms with E-state index in [-0.39, 0.29) is 5.97 Å². The summed E-state index contributed by atoms with van der Waals surface area (Å²) in [5, 5.41) is 7.54. The van der Waals surface area contributed by atoms with Crippen molar-refractivity contribution in [3.63, 3.8) is 0 Å². The van der Waals surface area contributed by atoms with Crippen LogP contribution in [0, 0.1) is 0 Å². The highest BCUT2D eigenvalue weighted by atomic mass is 16.5. The molecule has 1 aliphatic heterocycles. The molecule has 0 aliphatic carbocycles. The third kappa shape index (κ3) is 4.22. The summed E-state index contributed by atoms with van der Waals surface area (Å²) in [7, 11) is 3.34. The van der Waals surface area contributed by atoms with Gasteiger partial charge in [-0.15, -0.1) is 0 Å². The van der Waals surface area contributed by atoms with E-state index in [4.69, 9.17) is 0 Å². The standard InChI is InChI=1S/C15H25N5O2/c1-4-16-15(17-7-5-14(21)22-3)20-8-6-12(11-20)13-9-18-19(2)10-13/h9-10,12H,4-8,11H2,1-3H3,(H,16,17). The number of carbonyl (C=O) groups is 1. The normalized spacial score (nSPS) is 18.6. The molecule has 1 N–H and O–H groups in total. The zero-order valence-corrected chi connectivity index (χ0v) is 13.6. The number of aromatic nitrogens is 2. The van der Waals surface area contributed by atoms with Crippen molar-refractivity contribution in [2.45, 2.75) is 25.7 Å². The van der Waals surface area contributed by atoms with Gasteiger partial charge in [0.15, 0.2) is 5.96 Å². The quantitative estimate of drug-likeness (QED) is 0.493. The van der Waals surface area contributed by atoms with E-state index < -0.39 is 0 Å². The van der Waals surface area contributed by atoms with E-state index >= 15 is 0 Å². The second-order valence-corrected chi connectivity index (χ2v) is 5.44. The average molecular weight is 307 g/mol. The van der Waals surface area contributed by atoms with Gasteiger partial charge in [0, 0.05) is 38.8 Å². The molecule has 0 spiro atoms. The number of nitrogens with one attached hydrogen (secondary N) is 1. The first-order valence-electron chi connectivity index (χ1n) is 7.72. The zero-order valence-electron chi connectivity index (χ0n) is 13.6. The topological polar surface area (TPSA) is 71.8 Å². The molecule has 7 heteroatoms. The summed E-state index contributed by atoms with van der Waals surface area (Å²) >= 11 is 0. The van der Waals surface area contributed by atoms with Crippen LogP contribution in [0.3, 0.4) is 0 Å². The van der Waals surface area contributed by atoms with Crippen LogP contribution >= 0.6 is 0 Å². The van der Waals surface area contributed by atoms with Gasteiger partial charge < -0.3 is 15.0 Å². The lowest BCUT2D eigenvalue weighted by Crippen LogP contribution is -2.40. The number of carbonyl (C=O) groups excluding carboxylic acids is 1. The Labute approximate surface area is 131 Å². The summed E-state index contributed by atoms with van der Waals surface area (Å²) in [5.74, 6) is 1.13. The number of methoxy groups -OCH3 is 1. The number of guanidine groups is 1. The van der Waals surface area contributed by atoms with Crippen LogP contribution < -0.4 is 5.32 Å². The summed E-state index contributed by atoms with van der Waals surface area (Å²) < 4.78 is 6.48. The van der Waals surface area contributed by atoms with Gasteiger partial charge in [0.05, 0.1) is 26.3 Å². The molecular formula is C15H25N5O2. The number of hydrogen-bond donors (Lipinski definition) is 1. The smallest absolute Gasteiger partial charge is 0.307 e. The molecule has 1 fully saturated rings. The molecule has 1 aliphatic rings. The van der Waals surface area contributed by atoms with E-state index in [1.165, 1.54) is 12.7 Å². The maximum atomic E-state index is 11.2. The SMILES string of the molecule is CCNC(=NCCC(=O)OC)N1CCC(c2cnn(C)c2)C1. The average Bonchev–Trinajstić information content (AvgIpc) is 3.14. The maximum absolute atomic E-state index is 11.2. The van der Waals surface area contributed by atoms with Crippen LogP contribution in [0.4, 0.5) is 0 Å². The molecule has 0 radical (unpaired) electrons. The Hall–Kier alpha value is -2.05. The van der Waals surface area contributed by atoms with Crippen LogP contribution in [0.2, 0.25) is 0 Å². The van der Waals surface area contributed by atoms with Crippen LogP contribution in [0.5, 0.6) is 0 Å². The predicted molar refractivity (Wildman–Crippen MR) is 84.8 cm³/mol. The minimum Gasteiger partial charge on any atom is -0.469 e. The fraction of sp³-hybridized carbons (Fsp3) is 0.667. The molecule has 2 heterocycles. The lowest BCUT2D eigenvalue weighted by Gasteiger charge is -2.21. The number of hydrogen-bond acceptors (Lipinski definition) is 4. The third-order valence-corrected chi connectivity index (χ3v) is 3.82. The fourth-order valence-electron chi connectivity index (χ4n) is 2.66. The van der Waals surface area contributed by atoms with E-state index in [1.807, 2.05) is 24.9 Å². The molecule has 0 aromatic carbocycles. The van der Waals surface area contributed by atoms with Crippen molar-refractivity contribution in [1.29, 1.82) is 0 Å². The van der Waals surface area contributed by atoms with Crippen LogP contribution in [0.25, 0.3) is 0 Å². The van der Waals surface area contributed by atoms with Gasteiger partial charge in [-0.1, -0.05) is 0 Å². The van der Waals surface area contributed by atoms with Gasteiger partial charge in [0.1, 0.15) is 0 Å². The number of rotatable bonds is 5. The minimum atomic E-state index is -0.228. The fourth-order valence-corrected chi connectivity index (χ4v) is 2.66. The largest absolute Gasteiger partial charge is 0.469 e. The lowest BCUT2D eigenvalue weighted by atomic mass is 10.0. The molecule has 7 nitrogen and oxygen atoms in total. The number of aliphatic imine (C=N–C) groups is 1. The van der Waals surface area contributed by atoms with Crippen molar-refractivity contribution in [1.82, 2.24) is 20.0 Å². The monoisotopic (exact) mass is 307 g/mol. The molecule has 22 heavy (non-hydrogen) atoms. The van der Waals surface area contributed by atoms with E-state index in [1.54, 1.807) is 0 Å². The Balaban J connectivity index is 1.94. The molecule has 1 saturated heterocycles. The van der Waals surface area contributed by atoms with Gasteiger partial charge in [0.2, 0.25) is 0 Å². The van der Waals surface area contributed by atoms with Crippen molar-refractivity contribution in [2.24, 2.45) is 12.0 Å². The van der Waals surface area contributed by atoms with Crippen molar-refractivity contribution in [2.75, 3.05) is 33.3 Å². The van der Waals surface area contributed by atoms with Crippen LogP contribution in [0.15, 0.2) is 17.4 Å². The number of likely N-dealkylation sites (tertiary alicyclic amines) is 1. The molecule has 1 atom stereocenters. The Kier molecular flexibility index (Phi) is 5.80. The van der Waals surface area contributed by atoms with Gasteiger partial charge in [-0.3, -0.25) is 14.5 Å². The first-order chi connectivity index (χ1) is 10.6. The second kappa shape index (κ2) is 7.82. The van der Waals surface area contributed by atoms with Gasteiger partial charge in [0.25, 0.3) is 0 Å². The molecule has 0 saturated carbocycles. The Morgan fingerprint density at radius 1 is 1.59 bits per heavy atom. The Bertz CT molecular complexity index is 526. The molecule has 1 aromatic heterocycles. The Morgan fingerprint density at radius 2 is 2.41 bits per heavy atom. The van der Waals surface area contributed by atoms with Crippen LogP contribution in [-0.2, 0) is 16.6 Å². The van der Waals surface area contributed by atoms with Crippen LogP contribution in [-0.4, -0.2) is 59.9 Å². The van der Waals surface area contributed by atoms with Crippen LogP contribution in [0.1, 0.15) is 31.2 Å². The highest BCUT2D eigenvalue weighted by Crippen LogP contribution is 2.26. The van der Waals surface area contributed by atoms with Crippen molar-refractivity contribution in [3.8, 4) is 0 Å². The molecular weight excluding hydrogens is 282 g/mol. The zero-order chi connectivity index (χ0) is 15.9. The van der Waals surface area contributed by atoms with E-state index in [9.17, 15) is 4.79 Å². The number of aryl methyl sites for hydroxylation is 1. The molecule has 2 rings (SSSR count). The highest BCUT2D eigenvalue weighted by molar-refractivity contribution is 5.80. The van der Waals surface area contributed by atoms with Gasteiger partial charge in [-0.05, 0) is 18.9 Å². The van der Waals surface area contributed by atoms with Gasteiger partial charge in [-0.25, -0.2) is 0 Å². The summed E-state index contributed by atoms with van der Waals surface area (Å²) in [6.07, 6.45) is 5.42. The molecule has 0 amide bonds. The summed E-state index contributed by atoms with van der Waals surface area (Å²) in [6, 6.07) is 0. The summed E-state index contributed by atoms with van der Waals surface area (Å²) in [5.41, 5.74) is 1.27.